The number of nitrogens with one attached hydrogen (secondary N) is 1. The fourth-order valence-corrected chi connectivity index (χ4v) is 5.16. The molecule has 1 amide bonds. The molecule has 0 unspecified atom stereocenters. The highest BCUT2D eigenvalue weighted by molar-refractivity contribution is 7.89. The van der Waals surface area contributed by atoms with Crippen LogP contribution in [0.4, 0.5) is 11.4 Å². The van der Waals surface area contributed by atoms with Gasteiger partial charge in [0.1, 0.15) is 0 Å². The van der Waals surface area contributed by atoms with Gasteiger partial charge in [-0.15, -0.1) is 0 Å². The van der Waals surface area contributed by atoms with Gasteiger partial charge >= 0.3 is 0 Å². The number of carbonyl (C=O) groups excluding carboxylic acids is 1. The monoisotopic (exact) mass is 472 g/mol. The Balaban J connectivity index is 1.62. The summed E-state index contributed by atoms with van der Waals surface area (Å²) in [5, 5.41) is 14.5. The van der Waals surface area contributed by atoms with Crippen LogP contribution in [0.15, 0.2) is 47.4 Å². The van der Waals surface area contributed by atoms with E-state index < -0.39 is 20.6 Å². The molecule has 0 radical (unpaired) electrons. The van der Waals surface area contributed by atoms with Gasteiger partial charge in [0.25, 0.3) is 5.69 Å². The Morgan fingerprint density at radius 3 is 2.23 bits per heavy atom. The lowest BCUT2D eigenvalue weighted by atomic mass is 10.3. The summed E-state index contributed by atoms with van der Waals surface area (Å²) in [7, 11) is -4.02. The van der Waals surface area contributed by atoms with Crippen molar-refractivity contribution >= 4 is 50.5 Å². The first-order valence-electron chi connectivity index (χ1n) is 8.90. The number of sulfonamides is 1. The molecule has 160 valence electrons. The average molecular weight is 473 g/mol. The molecule has 12 heteroatoms. The first-order valence-corrected chi connectivity index (χ1v) is 11.1. The van der Waals surface area contributed by atoms with Gasteiger partial charge < -0.3 is 5.32 Å². The maximum atomic E-state index is 12.9. The lowest BCUT2D eigenvalue weighted by Gasteiger charge is -2.33. The van der Waals surface area contributed by atoms with Gasteiger partial charge in [0, 0.05) is 32.2 Å². The number of rotatable bonds is 6. The van der Waals surface area contributed by atoms with E-state index >= 15 is 0 Å². The molecule has 1 aliphatic rings. The third-order valence-corrected chi connectivity index (χ3v) is 7.18. The van der Waals surface area contributed by atoms with Gasteiger partial charge in [0.15, 0.2) is 4.90 Å². The van der Waals surface area contributed by atoms with Gasteiger partial charge in [0.05, 0.1) is 27.2 Å². The van der Waals surface area contributed by atoms with Crippen LogP contribution >= 0.6 is 23.2 Å². The fourth-order valence-electron chi connectivity index (χ4n) is 3.09. The zero-order valence-electron chi connectivity index (χ0n) is 15.6. The molecular weight excluding hydrogens is 455 g/mol. The summed E-state index contributed by atoms with van der Waals surface area (Å²) in [5.41, 5.74) is -0.139. The zero-order valence-corrected chi connectivity index (χ0v) is 18.0. The standard InChI is InChI=1S/C18H18Cl2N4O5S/c19-13-4-3-5-14(20)18(13)21-17(25)12-22-8-10-23(11-9-22)30(28,29)16-7-2-1-6-15(16)24(26)27/h1-7H,8-12H2,(H,21,25). The number of nitrogens with zero attached hydrogens (tertiary/aromatic N) is 3. The molecule has 2 aromatic rings. The summed E-state index contributed by atoms with van der Waals surface area (Å²) in [6.45, 7) is 0.830. The average Bonchev–Trinajstić information content (AvgIpc) is 2.71. The molecule has 1 saturated heterocycles. The van der Waals surface area contributed by atoms with Crippen LogP contribution in [-0.4, -0.2) is 61.2 Å². The Morgan fingerprint density at radius 1 is 1.03 bits per heavy atom. The summed E-state index contributed by atoms with van der Waals surface area (Å²) in [6.07, 6.45) is 0. The van der Waals surface area contributed by atoms with Crippen molar-refractivity contribution in [3.8, 4) is 0 Å². The molecular formula is C18H18Cl2N4O5S. The molecule has 1 N–H and O–H groups in total. The van der Waals surface area contributed by atoms with Crippen LogP contribution < -0.4 is 5.32 Å². The molecule has 30 heavy (non-hydrogen) atoms. The molecule has 3 rings (SSSR count). The van der Waals surface area contributed by atoms with Gasteiger partial charge in [-0.2, -0.15) is 4.31 Å². The van der Waals surface area contributed by atoms with Crippen LogP contribution in [0.2, 0.25) is 10.0 Å². The van der Waals surface area contributed by atoms with Crippen LogP contribution in [0.5, 0.6) is 0 Å². The van der Waals surface area contributed by atoms with Gasteiger partial charge in [0.2, 0.25) is 15.9 Å². The van der Waals surface area contributed by atoms with E-state index in [9.17, 15) is 23.3 Å². The Morgan fingerprint density at radius 2 is 1.63 bits per heavy atom. The van der Waals surface area contributed by atoms with E-state index in [-0.39, 0.29) is 30.4 Å². The number of halogens is 2. The molecule has 2 aromatic carbocycles. The van der Waals surface area contributed by atoms with Crippen LogP contribution in [0.1, 0.15) is 0 Å². The third kappa shape index (κ3) is 4.90. The van der Waals surface area contributed by atoms with Crippen LogP contribution in [0.25, 0.3) is 0 Å². The fraction of sp³-hybridized carbons (Fsp3) is 0.278. The van der Waals surface area contributed by atoms with Gasteiger partial charge in [-0.1, -0.05) is 41.4 Å². The van der Waals surface area contributed by atoms with E-state index in [1.54, 1.807) is 23.1 Å². The number of carbonyl (C=O) groups is 1. The minimum absolute atomic E-state index is 0.0287. The Labute approximate surface area is 183 Å². The van der Waals surface area contributed by atoms with Crippen LogP contribution in [-0.2, 0) is 14.8 Å². The highest BCUT2D eigenvalue weighted by Crippen LogP contribution is 2.30. The predicted octanol–water partition coefficient (Wildman–Crippen LogP) is 2.85. The number of anilines is 1. The summed E-state index contributed by atoms with van der Waals surface area (Å²) in [4.78, 5) is 24.2. The molecule has 0 bridgehead atoms. The lowest BCUT2D eigenvalue weighted by molar-refractivity contribution is -0.387. The SMILES string of the molecule is O=C(CN1CCN(S(=O)(=O)c2ccccc2[N+](=O)[O-])CC1)Nc1c(Cl)cccc1Cl. The van der Waals surface area contributed by atoms with E-state index in [4.69, 9.17) is 23.2 Å². The summed E-state index contributed by atoms with van der Waals surface area (Å²) >= 11 is 12.1. The van der Waals surface area contributed by atoms with Gasteiger partial charge in [-0.3, -0.25) is 19.8 Å². The van der Waals surface area contributed by atoms with E-state index in [1.807, 2.05) is 0 Å². The molecule has 0 saturated carbocycles. The number of amides is 1. The van der Waals surface area contributed by atoms with Crippen LogP contribution in [0.3, 0.4) is 0 Å². The summed E-state index contributed by atoms with van der Waals surface area (Å²) < 4.78 is 26.9. The Kier molecular flexibility index (Phi) is 6.94. The molecule has 1 fully saturated rings. The van der Waals surface area contributed by atoms with Crippen molar-refractivity contribution in [1.29, 1.82) is 0 Å². The van der Waals surface area contributed by atoms with E-state index in [0.717, 1.165) is 6.07 Å². The second-order valence-corrected chi connectivity index (χ2v) is 9.27. The van der Waals surface area contributed by atoms with Crippen molar-refractivity contribution in [2.75, 3.05) is 38.0 Å². The zero-order chi connectivity index (χ0) is 21.9. The second-order valence-electron chi connectivity index (χ2n) is 6.55. The second kappa shape index (κ2) is 9.27. The number of piperazine rings is 1. The first-order chi connectivity index (χ1) is 14.2. The highest BCUT2D eigenvalue weighted by Gasteiger charge is 2.33. The van der Waals surface area contributed by atoms with Crippen molar-refractivity contribution < 1.29 is 18.1 Å². The normalized spacial score (nSPS) is 15.7. The lowest BCUT2D eigenvalue weighted by Crippen LogP contribution is -2.50. The number of nitro benzene ring substituents is 1. The summed E-state index contributed by atoms with van der Waals surface area (Å²) in [6, 6.07) is 10.1. The quantitative estimate of drug-likeness (QED) is 0.510. The molecule has 0 atom stereocenters. The van der Waals surface area contributed by atoms with Crippen molar-refractivity contribution in [3.05, 3.63) is 62.6 Å². The van der Waals surface area contributed by atoms with E-state index in [1.165, 1.54) is 22.5 Å². The number of hydrogen-bond donors (Lipinski definition) is 1. The molecule has 9 nitrogen and oxygen atoms in total. The molecule has 0 aliphatic carbocycles. The summed E-state index contributed by atoms with van der Waals surface area (Å²) in [5.74, 6) is -0.333. The predicted molar refractivity (Wildman–Crippen MR) is 113 cm³/mol. The van der Waals surface area contributed by atoms with Crippen molar-refractivity contribution in [3.63, 3.8) is 0 Å². The minimum atomic E-state index is -4.02. The first kappa shape index (κ1) is 22.4. The van der Waals surface area contributed by atoms with Gasteiger partial charge in [-0.05, 0) is 18.2 Å². The topological polar surface area (TPSA) is 113 Å². The van der Waals surface area contributed by atoms with Gasteiger partial charge in [-0.25, -0.2) is 8.42 Å². The minimum Gasteiger partial charge on any atom is -0.322 e. The maximum Gasteiger partial charge on any atom is 0.289 e. The van der Waals surface area contributed by atoms with Crippen molar-refractivity contribution in [2.45, 2.75) is 4.90 Å². The number of para-hydroxylation sites is 2. The van der Waals surface area contributed by atoms with E-state index in [2.05, 4.69) is 5.32 Å². The highest BCUT2D eigenvalue weighted by atomic mass is 35.5. The molecule has 0 spiro atoms. The molecule has 1 heterocycles. The van der Waals surface area contributed by atoms with Crippen LogP contribution in [0, 0.1) is 10.1 Å². The number of benzene rings is 2. The van der Waals surface area contributed by atoms with Crippen molar-refractivity contribution in [2.24, 2.45) is 0 Å². The maximum absolute atomic E-state index is 12.9. The molecule has 0 aromatic heterocycles. The van der Waals surface area contributed by atoms with E-state index in [0.29, 0.717) is 28.8 Å². The molecule has 1 aliphatic heterocycles. The van der Waals surface area contributed by atoms with Crippen molar-refractivity contribution in [1.82, 2.24) is 9.21 Å². The number of hydrogen-bond acceptors (Lipinski definition) is 6. The Bertz CT molecular complexity index is 1050. The largest absolute Gasteiger partial charge is 0.322 e. The number of nitro groups is 1. The smallest absolute Gasteiger partial charge is 0.289 e. The Hall–Kier alpha value is -2.24. The third-order valence-electron chi connectivity index (χ3n) is 4.61.